The van der Waals surface area contributed by atoms with Gasteiger partial charge in [0.05, 0.1) is 12.5 Å². The quantitative estimate of drug-likeness (QED) is 0.886. The van der Waals surface area contributed by atoms with Crippen molar-refractivity contribution in [1.82, 2.24) is 0 Å². The Bertz CT molecular complexity index is 776. The molecule has 1 N–H and O–H groups in total. The van der Waals surface area contributed by atoms with Crippen molar-refractivity contribution in [3.63, 3.8) is 0 Å². The molecular weight excluding hydrogens is 340 g/mol. The van der Waals surface area contributed by atoms with Gasteiger partial charge < -0.3 is 15.0 Å². The van der Waals surface area contributed by atoms with Crippen molar-refractivity contribution in [2.24, 2.45) is 5.92 Å². The van der Waals surface area contributed by atoms with E-state index in [0.29, 0.717) is 29.6 Å². The van der Waals surface area contributed by atoms with Crippen LogP contribution in [0.3, 0.4) is 0 Å². The van der Waals surface area contributed by atoms with Gasteiger partial charge in [-0.15, -0.1) is 0 Å². The third kappa shape index (κ3) is 4.12. The molecule has 0 bridgehead atoms. The summed E-state index contributed by atoms with van der Waals surface area (Å²) in [6.45, 7) is 2.82. The molecule has 1 fully saturated rings. The van der Waals surface area contributed by atoms with Crippen LogP contribution in [-0.2, 0) is 9.59 Å². The van der Waals surface area contributed by atoms with Crippen LogP contribution in [0.1, 0.15) is 13.3 Å². The fourth-order valence-electron chi connectivity index (χ4n) is 2.83. The minimum atomic E-state index is -0.390. The molecule has 1 aliphatic rings. The molecule has 5 nitrogen and oxygen atoms in total. The number of hydrogen-bond acceptors (Lipinski definition) is 3. The predicted octanol–water partition coefficient (Wildman–Crippen LogP) is 3.73. The van der Waals surface area contributed by atoms with E-state index in [1.807, 2.05) is 19.1 Å². The Labute approximate surface area is 151 Å². The molecule has 2 aromatic rings. The number of nitrogens with zero attached hydrogens (tertiary/aromatic N) is 1. The van der Waals surface area contributed by atoms with Gasteiger partial charge in [0.1, 0.15) is 5.75 Å². The highest BCUT2D eigenvalue weighted by Gasteiger charge is 2.35. The minimum Gasteiger partial charge on any atom is -0.494 e. The number of benzene rings is 2. The molecule has 1 saturated heterocycles. The number of carbonyl (C=O) groups is 2. The molecule has 0 aromatic heterocycles. The molecule has 0 spiro atoms. The molecule has 2 aromatic carbocycles. The van der Waals surface area contributed by atoms with E-state index in [1.165, 1.54) is 0 Å². The number of carbonyl (C=O) groups excluding carboxylic acids is 2. The first-order valence-corrected chi connectivity index (χ1v) is 8.54. The molecule has 1 atom stereocenters. The van der Waals surface area contributed by atoms with Crippen molar-refractivity contribution in [1.29, 1.82) is 0 Å². The maximum absolute atomic E-state index is 12.5. The van der Waals surface area contributed by atoms with Crippen LogP contribution in [0, 0.1) is 5.92 Å². The van der Waals surface area contributed by atoms with Gasteiger partial charge in [-0.1, -0.05) is 17.7 Å². The van der Waals surface area contributed by atoms with Crippen molar-refractivity contribution in [3.05, 3.63) is 53.6 Å². The summed E-state index contributed by atoms with van der Waals surface area (Å²) in [7, 11) is 0. The van der Waals surface area contributed by atoms with Gasteiger partial charge in [0, 0.05) is 35.4 Å². The van der Waals surface area contributed by atoms with Gasteiger partial charge >= 0.3 is 0 Å². The van der Waals surface area contributed by atoms with Crippen molar-refractivity contribution >= 4 is 34.8 Å². The van der Waals surface area contributed by atoms with Crippen molar-refractivity contribution < 1.29 is 14.3 Å². The highest BCUT2D eigenvalue weighted by Crippen LogP contribution is 2.27. The van der Waals surface area contributed by atoms with E-state index < -0.39 is 0 Å². The van der Waals surface area contributed by atoms with E-state index in [2.05, 4.69) is 5.32 Å². The van der Waals surface area contributed by atoms with Crippen LogP contribution in [0.2, 0.25) is 5.02 Å². The summed E-state index contributed by atoms with van der Waals surface area (Å²) in [4.78, 5) is 26.4. The predicted molar refractivity (Wildman–Crippen MR) is 98.2 cm³/mol. The Kier molecular flexibility index (Phi) is 5.24. The van der Waals surface area contributed by atoms with E-state index in [4.69, 9.17) is 16.3 Å². The largest absolute Gasteiger partial charge is 0.494 e. The van der Waals surface area contributed by atoms with Gasteiger partial charge in [-0.05, 0) is 43.3 Å². The lowest BCUT2D eigenvalue weighted by Gasteiger charge is -2.17. The van der Waals surface area contributed by atoms with E-state index in [0.717, 1.165) is 5.69 Å². The maximum atomic E-state index is 12.5. The topological polar surface area (TPSA) is 58.6 Å². The first-order chi connectivity index (χ1) is 12.1. The molecule has 0 saturated carbocycles. The van der Waals surface area contributed by atoms with Gasteiger partial charge in [-0.2, -0.15) is 0 Å². The summed E-state index contributed by atoms with van der Waals surface area (Å²) >= 11 is 5.88. The van der Waals surface area contributed by atoms with Crippen molar-refractivity contribution in [3.8, 4) is 5.75 Å². The average Bonchev–Trinajstić information content (AvgIpc) is 2.98. The van der Waals surface area contributed by atoms with Gasteiger partial charge in [0.15, 0.2) is 0 Å². The fraction of sp³-hybridized carbons (Fsp3) is 0.263. The second kappa shape index (κ2) is 7.57. The molecule has 0 unspecified atom stereocenters. The third-order valence-corrected chi connectivity index (χ3v) is 4.30. The molecule has 1 aliphatic heterocycles. The summed E-state index contributed by atoms with van der Waals surface area (Å²) in [5.74, 6) is 0.0773. The standard InChI is InChI=1S/C19H19ClN2O3/c1-2-25-17-5-3-4-15(11-17)21-19(24)13-10-18(23)22(12-13)16-8-6-14(20)7-9-16/h3-9,11,13H,2,10,12H2,1H3,(H,21,24)/t13-/m1/s1. The smallest absolute Gasteiger partial charge is 0.229 e. The van der Waals surface area contributed by atoms with Gasteiger partial charge in [-0.25, -0.2) is 0 Å². The second-order valence-corrected chi connectivity index (χ2v) is 6.27. The normalized spacial score (nSPS) is 16.8. The number of anilines is 2. The summed E-state index contributed by atoms with van der Waals surface area (Å²) < 4.78 is 5.43. The Morgan fingerprint density at radius 2 is 2.04 bits per heavy atom. The number of hydrogen-bond donors (Lipinski definition) is 1. The first kappa shape index (κ1) is 17.3. The number of ether oxygens (including phenoxy) is 1. The Morgan fingerprint density at radius 1 is 1.28 bits per heavy atom. The van der Waals surface area contributed by atoms with Gasteiger partial charge in [0.2, 0.25) is 11.8 Å². The molecule has 2 amide bonds. The SMILES string of the molecule is CCOc1cccc(NC(=O)[C@@H]2CC(=O)N(c3ccc(Cl)cc3)C2)c1. The highest BCUT2D eigenvalue weighted by molar-refractivity contribution is 6.30. The molecule has 130 valence electrons. The zero-order chi connectivity index (χ0) is 17.8. The number of nitrogens with one attached hydrogen (secondary N) is 1. The minimum absolute atomic E-state index is 0.0643. The summed E-state index contributed by atoms with van der Waals surface area (Å²) in [6, 6.07) is 14.3. The van der Waals surface area contributed by atoms with Crippen LogP contribution in [0.15, 0.2) is 48.5 Å². The van der Waals surface area contributed by atoms with Crippen molar-refractivity contribution in [2.75, 3.05) is 23.4 Å². The van der Waals surface area contributed by atoms with Crippen molar-refractivity contribution in [2.45, 2.75) is 13.3 Å². The molecule has 0 aliphatic carbocycles. The van der Waals surface area contributed by atoms with E-state index in [1.54, 1.807) is 41.3 Å². The van der Waals surface area contributed by atoms with E-state index in [9.17, 15) is 9.59 Å². The van der Waals surface area contributed by atoms with Crippen LogP contribution >= 0.6 is 11.6 Å². The van der Waals surface area contributed by atoms with Crippen LogP contribution in [0.4, 0.5) is 11.4 Å². The highest BCUT2D eigenvalue weighted by atomic mass is 35.5. The molecule has 6 heteroatoms. The Morgan fingerprint density at radius 3 is 2.76 bits per heavy atom. The molecule has 3 rings (SSSR count). The van der Waals surface area contributed by atoms with E-state index >= 15 is 0 Å². The van der Waals surface area contributed by atoms with E-state index in [-0.39, 0.29) is 24.2 Å². The third-order valence-electron chi connectivity index (χ3n) is 4.05. The maximum Gasteiger partial charge on any atom is 0.229 e. The lowest BCUT2D eigenvalue weighted by atomic mass is 10.1. The molecule has 25 heavy (non-hydrogen) atoms. The first-order valence-electron chi connectivity index (χ1n) is 8.16. The summed E-state index contributed by atoms with van der Waals surface area (Å²) in [5, 5.41) is 3.48. The van der Waals surface area contributed by atoms with Crippen LogP contribution in [-0.4, -0.2) is 25.0 Å². The van der Waals surface area contributed by atoms with Gasteiger partial charge in [0.25, 0.3) is 0 Å². The monoisotopic (exact) mass is 358 g/mol. The zero-order valence-electron chi connectivity index (χ0n) is 13.9. The molecule has 1 heterocycles. The number of amides is 2. The fourth-order valence-corrected chi connectivity index (χ4v) is 2.95. The Hall–Kier alpha value is -2.53. The van der Waals surface area contributed by atoms with Gasteiger partial charge in [-0.3, -0.25) is 9.59 Å². The summed E-state index contributed by atoms with van der Waals surface area (Å²) in [5.41, 5.74) is 1.41. The Balaban J connectivity index is 1.66. The second-order valence-electron chi connectivity index (χ2n) is 5.83. The van der Waals surface area contributed by atoms with Crippen LogP contribution in [0.25, 0.3) is 0 Å². The lowest BCUT2D eigenvalue weighted by molar-refractivity contribution is -0.122. The lowest BCUT2D eigenvalue weighted by Crippen LogP contribution is -2.28. The molecular formula is C19H19ClN2O3. The summed E-state index contributed by atoms with van der Waals surface area (Å²) in [6.07, 6.45) is 0.194. The zero-order valence-corrected chi connectivity index (χ0v) is 14.6. The number of halogens is 1. The van der Waals surface area contributed by atoms with Crippen LogP contribution in [0.5, 0.6) is 5.75 Å². The molecule has 0 radical (unpaired) electrons. The van der Waals surface area contributed by atoms with Crippen LogP contribution < -0.4 is 15.0 Å². The number of rotatable bonds is 5. The average molecular weight is 359 g/mol.